The molecule has 0 saturated heterocycles. The standard InChI is InChI=1S/C24H15BF2/c25-20-10-6-17(7-11-20)21-13-9-19(15-24(21)27)22-12-8-18(14-23(22)26)16-4-2-1-3-5-16/h1-15H. The molecule has 27 heavy (non-hydrogen) atoms. The van der Waals surface area contributed by atoms with Crippen LogP contribution < -0.4 is 5.46 Å². The molecule has 0 nitrogen and oxygen atoms in total. The van der Waals surface area contributed by atoms with Gasteiger partial charge in [-0.3, -0.25) is 0 Å². The molecule has 0 heterocycles. The van der Waals surface area contributed by atoms with E-state index in [4.69, 9.17) is 7.85 Å². The highest BCUT2D eigenvalue weighted by atomic mass is 19.1. The lowest BCUT2D eigenvalue weighted by Gasteiger charge is -2.10. The Hall–Kier alpha value is -3.20. The van der Waals surface area contributed by atoms with Crippen LogP contribution in [0.3, 0.4) is 0 Å². The zero-order chi connectivity index (χ0) is 18.8. The lowest BCUT2D eigenvalue weighted by molar-refractivity contribution is 0.627. The fourth-order valence-corrected chi connectivity index (χ4v) is 3.14. The van der Waals surface area contributed by atoms with E-state index in [0.29, 0.717) is 22.2 Å². The Morgan fingerprint density at radius 2 is 1.00 bits per heavy atom. The molecule has 4 rings (SSSR count). The van der Waals surface area contributed by atoms with Crippen molar-refractivity contribution in [1.29, 1.82) is 0 Å². The molecule has 2 radical (unpaired) electrons. The van der Waals surface area contributed by atoms with Gasteiger partial charge in [0, 0.05) is 11.1 Å². The van der Waals surface area contributed by atoms with E-state index in [1.165, 1.54) is 12.1 Å². The third-order valence-corrected chi connectivity index (χ3v) is 4.58. The van der Waals surface area contributed by atoms with Crippen molar-refractivity contribution in [3.63, 3.8) is 0 Å². The molecule has 0 aliphatic rings. The lowest BCUT2D eigenvalue weighted by Crippen LogP contribution is -1.99. The minimum absolute atomic E-state index is 0.373. The predicted molar refractivity (Wildman–Crippen MR) is 108 cm³/mol. The summed E-state index contributed by atoms with van der Waals surface area (Å²) in [5, 5.41) is 0. The molecule has 4 aromatic rings. The summed E-state index contributed by atoms with van der Waals surface area (Å²) < 4.78 is 29.3. The van der Waals surface area contributed by atoms with E-state index in [1.54, 1.807) is 42.5 Å². The van der Waals surface area contributed by atoms with Gasteiger partial charge in [0.15, 0.2) is 0 Å². The molecule has 0 aliphatic heterocycles. The molecular weight excluding hydrogens is 337 g/mol. The van der Waals surface area contributed by atoms with Crippen molar-refractivity contribution in [2.24, 2.45) is 0 Å². The number of benzene rings is 4. The molecule has 0 aromatic heterocycles. The zero-order valence-electron chi connectivity index (χ0n) is 14.5. The topological polar surface area (TPSA) is 0 Å². The zero-order valence-corrected chi connectivity index (χ0v) is 14.5. The molecule has 0 bridgehead atoms. The average Bonchev–Trinajstić information content (AvgIpc) is 2.69. The fraction of sp³-hybridized carbons (Fsp3) is 0. The van der Waals surface area contributed by atoms with E-state index in [-0.39, 0.29) is 5.82 Å². The number of halogens is 2. The normalized spacial score (nSPS) is 10.7. The highest BCUT2D eigenvalue weighted by Crippen LogP contribution is 2.31. The van der Waals surface area contributed by atoms with E-state index >= 15 is 0 Å². The second kappa shape index (κ2) is 7.20. The molecule has 0 amide bonds. The summed E-state index contributed by atoms with van der Waals surface area (Å²) in [5.74, 6) is -0.778. The second-order valence-corrected chi connectivity index (χ2v) is 6.38. The van der Waals surface area contributed by atoms with Crippen LogP contribution in [0.25, 0.3) is 33.4 Å². The van der Waals surface area contributed by atoms with Gasteiger partial charge in [-0.1, -0.05) is 84.3 Å². The number of hydrogen-bond acceptors (Lipinski definition) is 0. The second-order valence-electron chi connectivity index (χ2n) is 6.38. The van der Waals surface area contributed by atoms with E-state index < -0.39 is 5.82 Å². The Kier molecular flexibility index (Phi) is 4.60. The summed E-state index contributed by atoms with van der Waals surface area (Å²) in [6, 6.07) is 26.4. The number of rotatable bonds is 3. The summed E-state index contributed by atoms with van der Waals surface area (Å²) in [5.41, 5.74) is 4.41. The van der Waals surface area contributed by atoms with Crippen molar-refractivity contribution in [2.45, 2.75) is 0 Å². The Balaban J connectivity index is 1.69. The van der Waals surface area contributed by atoms with Crippen molar-refractivity contribution in [1.82, 2.24) is 0 Å². The Bertz CT molecular complexity index is 1090. The minimum Gasteiger partial charge on any atom is -0.206 e. The van der Waals surface area contributed by atoms with Crippen LogP contribution in [-0.4, -0.2) is 7.85 Å². The average molecular weight is 352 g/mol. The first-order chi connectivity index (χ1) is 13.1. The largest absolute Gasteiger partial charge is 0.206 e. The van der Waals surface area contributed by atoms with Crippen LogP contribution >= 0.6 is 0 Å². The van der Waals surface area contributed by atoms with Gasteiger partial charge in [0.1, 0.15) is 19.5 Å². The van der Waals surface area contributed by atoms with Crippen molar-refractivity contribution in [3.05, 3.63) is 103 Å². The molecule has 0 atom stereocenters. The van der Waals surface area contributed by atoms with Gasteiger partial charge in [0.2, 0.25) is 0 Å². The summed E-state index contributed by atoms with van der Waals surface area (Å²) in [6.45, 7) is 0. The van der Waals surface area contributed by atoms with Crippen LogP contribution in [0.2, 0.25) is 0 Å². The first-order valence-electron chi connectivity index (χ1n) is 8.62. The summed E-state index contributed by atoms with van der Waals surface area (Å²) >= 11 is 0. The van der Waals surface area contributed by atoms with Crippen molar-refractivity contribution in [2.75, 3.05) is 0 Å². The SMILES string of the molecule is [B]c1ccc(-c2ccc(-c3ccc(-c4ccccc4)cc3F)cc2F)cc1. The van der Waals surface area contributed by atoms with Crippen LogP contribution in [0, 0.1) is 11.6 Å². The fourth-order valence-electron chi connectivity index (χ4n) is 3.14. The Labute approximate surface area is 158 Å². The molecule has 128 valence electrons. The molecule has 4 aromatic carbocycles. The van der Waals surface area contributed by atoms with Crippen LogP contribution in [0.1, 0.15) is 0 Å². The lowest BCUT2D eigenvalue weighted by atomic mass is 9.93. The quantitative estimate of drug-likeness (QED) is 0.411. The van der Waals surface area contributed by atoms with Crippen LogP contribution in [0.4, 0.5) is 8.78 Å². The highest BCUT2D eigenvalue weighted by Gasteiger charge is 2.11. The van der Waals surface area contributed by atoms with Gasteiger partial charge >= 0.3 is 0 Å². The molecular formula is C24H15BF2. The van der Waals surface area contributed by atoms with Gasteiger partial charge in [0.05, 0.1) is 0 Å². The molecule has 0 aliphatic carbocycles. The first-order valence-corrected chi connectivity index (χ1v) is 8.62. The maximum atomic E-state index is 14.7. The van der Waals surface area contributed by atoms with Gasteiger partial charge in [0.25, 0.3) is 0 Å². The van der Waals surface area contributed by atoms with Crippen LogP contribution in [-0.2, 0) is 0 Å². The maximum Gasteiger partial charge on any atom is 0.131 e. The smallest absolute Gasteiger partial charge is 0.131 e. The van der Waals surface area contributed by atoms with Crippen LogP contribution in [0.5, 0.6) is 0 Å². The molecule has 0 spiro atoms. The van der Waals surface area contributed by atoms with Gasteiger partial charge in [-0.2, -0.15) is 0 Å². The van der Waals surface area contributed by atoms with Gasteiger partial charge in [-0.15, -0.1) is 0 Å². The molecule has 0 fully saturated rings. The predicted octanol–water partition coefficient (Wildman–Crippen LogP) is 5.76. The van der Waals surface area contributed by atoms with Crippen molar-refractivity contribution >= 4 is 13.3 Å². The summed E-state index contributed by atoms with van der Waals surface area (Å²) in [6.07, 6.45) is 0. The van der Waals surface area contributed by atoms with Gasteiger partial charge < -0.3 is 0 Å². The van der Waals surface area contributed by atoms with Crippen LogP contribution in [0.15, 0.2) is 91.0 Å². The molecule has 3 heteroatoms. The monoisotopic (exact) mass is 352 g/mol. The van der Waals surface area contributed by atoms with Crippen molar-refractivity contribution in [3.8, 4) is 33.4 Å². The van der Waals surface area contributed by atoms with E-state index in [2.05, 4.69) is 0 Å². The van der Waals surface area contributed by atoms with E-state index in [1.807, 2.05) is 36.4 Å². The molecule has 0 N–H and O–H groups in total. The maximum absolute atomic E-state index is 14.7. The van der Waals surface area contributed by atoms with Crippen molar-refractivity contribution < 1.29 is 8.78 Å². The Morgan fingerprint density at radius 3 is 1.63 bits per heavy atom. The van der Waals surface area contributed by atoms with E-state index in [0.717, 1.165) is 16.7 Å². The number of hydrogen-bond donors (Lipinski definition) is 0. The highest BCUT2D eigenvalue weighted by molar-refractivity contribution is 6.32. The first kappa shape index (κ1) is 17.2. The summed E-state index contributed by atoms with van der Waals surface area (Å²) in [4.78, 5) is 0. The van der Waals surface area contributed by atoms with Gasteiger partial charge in [-0.25, -0.2) is 8.78 Å². The minimum atomic E-state index is -0.399. The molecule has 0 saturated carbocycles. The van der Waals surface area contributed by atoms with Gasteiger partial charge in [-0.05, 0) is 34.4 Å². The molecule has 0 unspecified atom stereocenters. The van der Waals surface area contributed by atoms with E-state index in [9.17, 15) is 8.78 Å². The summed E-state index contributed by atoms with van der Waals surface area (Å²) in [7, 11) is 5.68. The third kappa shape index (κ3) is 3.54. The Morgan fingerprint density at radius 1 is 0.481 bits per heavy atom. The third-order valence-electron chi connectivity index (χ3n) is 4.58.